The highest BCUT2D eigenvalue weighted by molar-refractivity contribution is 6.10. The van der Waals surface area contributed by atoms with Gasteiger partial charge >= 0.3 is 0 Å². The summed E-state index contributed by atoms with van der Waals surface area (Å²) in [5.74, 6) is 3.72. The maximum absolute atomic E-state index is 6.56. The van der Waals surface area contributed by atoms with Crippen LogP contribution in [0.5, 0.6) is 0 Å². The van der Waals surface area contributed by atoms with Crippen LogP contribution in [0.25, 0.3) is 168 Å². The summed E-state index contributed by atoms with van der Waals surface area (Å²) >= 11 is 0. The Balaban J connectivity index is 0.000000137. The largest absolute Gasteiger partial charge is 0.456 e. The van der Waals surface area contributed by atoms with E-state index in [4.69, 9.17) is 38.7 Å². The van der Waals surface area contributed by atoms with Crippen LogP contribution in [0.3, 0.4) is 0 Å². The van der Waals surface area contributed by atoms with E-state index in [2.05, 4.69) is 267 Å². The minimum atomic E-state index is -0.455. The fourth-order valence-corrected chi connectivity index (χ4v) is 18.1. The van der Waals surface area contributed by atoms with E-state index in [-0.39, 0.29) is 5.41 Å². The SMILES string of the molecule is c1ccc(-c2nc(-c3ccccc3)nc(-c3ccc4c(c3)oc3ccc(-c5ccc6c(c5)C5(c7ccccc7-c7ccccc75)c5ccccc5-6)cc34)n2)cc1.c1ccc(-c2nc(-c3ccccc3)nc(-c3ccc4c(c3)oc3ccc(-c5cccc6c5-c5ccccc5C6(c5ccccc5)c5ccccc5)cc34)n2)cc1. The number of hydrogen-bond donors (Lipinski definition) is 0. The molecule has 3 aliphatic carbocycles. The first-order valence-corrected chi connectivity index (χ1v) is 38.0. The number of rotatable bonds is 10. The third-order valence-corrected chi connectivity index (χ3v) is 23.0. The minimum absolute atomic E-state index is 0.381. The molecule has 4 heterocycles. The Morgan fingerprint density at radius 2 is 0.482 bits per heavy atom. The van der Waals surface area contributed by atoms with Crippen molar-refractivity contribution >= 4 is 43.9 Å². The van der Waals surface area contributed by atoms with Crippen LogP contribution in [0.4, 0.5) is 0 Å². The smallest absolute Gasteiger partial charge is 0.164 e. The van der Waals surface area contributed by atoms with Crippen LogP contribution in [-0.4, -0.2) is 29.9 Å². The van der Waals surface area contributed by atoms with Gasteiger partial charge in [-0.05, 0) is 155 Å². The van der Waals surface area contributed by atoms with Crippen molar-refractivity contribution in [1.82, 2.24) is 29.9 Å². The van der Waals surface area contributed by atoms with E-state index in [1.54, 1.807) is 0 Å². The highest BCUT2D eigenvalue weighted by Gasteiger charge is 2.52. The molecule has 0 fully saturated rings. The maximum atomic E-state index is 6.56. The topological polar surface area (TPSA) is 104 Å². The molecule has 20 aromatic rings. The van der Waals surface area contributed by atoms with Crippen molar-refractivity contribution in [2.24, 2.45) is 0 Å². The predicted octanol–water partition coefficient (Wildman–Crippen LogP) is 25.6. The molecule has 4 aromatic heterocycles. The van der Waals surface area contributed by atoms with E-state index >= 15 is 0 Å². The second-order valence-electron chi connectivity index (χ2n) is 29.0. The quantitative estimate of drug-likeness (QED) is 0.133. The zero-order valence-corrected chi connectivity index (χ0v) is 60.5. The molecule has 0 radical (unpaired) electrons. The Hall–Kier alpha value is -14.9. The molecule has 0 aliphatic heterocycles. The van der Waals surface area contributed by atoms with Crippen LogP contribution in [0.1, 0.15) is 44.5 Å². The van der Waals surface area contributed by atoms with Crippen molar-refractivity contribution in [2.45, 2.75) is 10.8 Å². The summed E-state index contributed by atoms with van der Waals surface area (Å²) in [6, 6.07) is 137. The van der Waals surface area contributed by atoms with Gasteiger partial charge in [-0.2, -0.15) is 0 Å². The van der Waals surface area contributed by atoms with E-state index in [1.807, 2.05) is 121 Å². The van der Waals surface area contributed by atoms with Crippen LogP contribution in [-0.2, 0) is 10.8 Å². The first kappa shape index (κ1) is 64.3. The average molecular weight is 1430 g/mol. The Bertz CT molecular complexity index is 6900. The molecule has 8 heteroatoms. The van der Waals surface area contributed by atoms with Crippen LogP contribution in [0.15, 0.2) is 397 Å². The van der Waals surface area contributed by atoms with E-state index in [0.29, 0.717) is 34.9 Å². The normalized spacial score (nSPS) is 13.0. The molecule has 1 spiro atoms. The molecule has 16 aromatic carbocycles. The van der Waals surface area contributed by atoms with Crippen LogP contribution in [0.2, 0.25) is 0 Å². The first-order valence-electron chi connectivity index (χ1n) is 38.0. The Morgan fingerprint density at radius 1 is 0.170 bits per heavy atom. The monoisotopic (exact) mass is 1430 g/mol. The van der Waals surface area contributed by atoms with Crippen molar-refractivity contribution < 1.29 is 8.83 Å². The second kappa shape index (κ2) is 25.9. The lowest BCUT2D eigenvalue weighted by Crippen LogP contribution is -2.28. The number of fused-ring (bicyclic) bond motifs is 19. The molecule has 0 atom stereocenters. The first-order chi connectivity index (χ1) is 55.5. The highest BCUT2D eigenvalue weighted by atomic mass is 16.3. The van der Waals surface area contributed by atoms with Gasteiger partial charge in [0.05, 0.1) is 10.8 Å². The van der Waals surface area contributed by atoms with E-state index in [9.17, 15) is 0 Å². The zero-order chi connectivity index (χ0) is 73.9. The van der Waals surface area contributed by atoms with Gasteiger partial charge in [-0.3, -0.25) is 0 Å². The van der Waals surface area contributed by atoms with Gasteiger partial charge in [0.25, 0.3) is 0 Å². The second-order valence-corrected chi connectivity index (χ2v) is 29.0. The molecular formula is C104H64N6O2. The zero-order valence-electron chi connectivity index (χ0n) is 60.5. The summed E-state index contributed by atoms with van der Waals surface area (Å²) < 4.78 is 13.1. The fraction of sp³-hybridized carbons (Fsp3) is 0.0192. The number of furan rings is 2. The molecule has 0 N–H and O–H groups in total. The summed E-state index contributed by atoms with van der Waals surface area (Å²) in [7, 11) is 0. The summed E-state index contributed by atoms with van der Waals surface area (Å²) in [6.45, 7) is 0. The molecule has 0 unspecified atom stereocenters. The Labute approximate surface area is 646 Å². The van der Waals surface area contributed by atoms with Crippen molar-refractivity contribution in [3.05, 3.63) is 433 Å². The summed E-state index contributed by atoms with van der Waals surface area (Å²) in [5, 5.41) is 4.23. The van der Waals surface area contributed by atoms with Crippen molar-refractivity contribution in [3.8, 4) is 124 Å². The molecule has 0 saturated carbocycles. The Kier molecular flexibility index (Phi) is 14.9. The standard InChI is InChI=1S/C52H31N3O.C52H33N3O/c1-3-13-32(14-4-1)49-53-50(33-15-5-2-6-16-33)55-51(54-49)36-24-27-41-42-29-34(25-28-47(42)56-48(41)31-36)35-23-26-40-39-19-9-12-22-45(39)52(46(40)30-35)43-20-10-7-17-37(43)38-18-8-11-21-44(38)52;1-5-16-34(17-6-1)49-53-50(35-18-7-2-8-19-35)55-51(54-49)37-28-30-41-43-32-36(29-31-46(43)56-47(41)33-37)40-25-15-27-45-48(40)42-24-13-14-26-44(42)52(45,38-20-9-3-10-21-38)39-22-11-4-12-23-39/h1-31H;1-33H. The van der Waals surface area contributed by atoms with Gasteiger partial charge in [-0.1, -0.05) is 334 Å². The lowest BCUT2D eigenvalue weighted by atomic mass is 9.67. The lowest BCUT2D eigenvalue weighted by molar-refractivity contribution is 0.668. The molecule has 112 heavy (non-hydrogen) atoms. The number of nitrogens with zero attached hydrogens (tertiary/aromatic N) is 6. The Morgan fingerprint density at radius 3 is 0.920 bits per heavy atom. The van der Waals surface area contributed by atoms with Crippen LogP contribution in [0, 0.1) is 0 Å². The van der Waals surface area contributed by atoms with Gasteiger partial charge in [0.1, 0.15) is 22.3 Å². The molecular weight excluding hydrogens is 1370 g/mol. The fourth-order valence-electron chi connectivity index (χ4n) is 18.1. The van der Waals surface area contributed by atoms with Crippen molar-refractivity contribution in [1.29, 1.82) is 0 Å². The predicted molar refractivity (Wildman–Crippen MR) is 451 cm³/mol. The lowest BCUT2D eigenvalue weighted by Gasteiger charge is -2.34. The van der Waals surface area contributed by atoms with E-state index < -0.39 is 5.41 Å². The number of benzene rings is 16. The molecule has 0 amide bonds. The third kappa shape index (κ3) is 10.2. The summed E-state index contributed by atoms with van der Waals surface area (Å²) in [4.78, 5) is 29.6. The maximum Gasteiger partial charge on any atom is 0.164 e. The van der Waals surface area contributed by atoms with E-state index in [1.165, 1.54) is 89.0 Å². The van der Waals surface area contributed by atoms with Gasteiger partial charge in [0.2, 0.25) is 0 Å². The van der Waals surface area contributed by atoms with Gasteiger partial charge in [0, 0.05) is 54.9 Å². The summed E-state index contributed by atoms with van der Waals surface area (Å²) in [5.41, 5.74) is 30.8. The highest BCUT2D eigenvalue weighted by Crippen LogP contribution is 2.64. The average Bonchev–Trinajstić information content (AvgIpc) is 1.51. The minimum Gasteiger partial charge on any atom is -0.456 e. The third-order valence-electron chi connectivity index (χ3n) is 23.0. The van der Waals surface area contributed by atoms with Crippen molar-refractivity contribution in [3.63, 3.8) is 0 Å². The molecule has 8 nitrogen and oxygen atoms in total. The molecule has 23 rings (SSSR count). The van der Waals surface area contributed by atoms with Gasteiger partial charge in [-0.25, -0.2) is 29.9 Å². The molecule has 0 bridgehead atoms. The van der Waals surface area contributed by atoms with Gasteiger partial charge in [-0.15, -0.1) is 0 Å². The number of hydrogen-bond acceptors (Lipinski definition) is 8. The molecule has 522 valence electrons. The van der Waals surface area contributed by atoms with Crippen molar-refractivity contribution in [2.75, 3.05) is 0 Å². The van der Waals surface area contributed by atoms with Gasteiger partial charge < -0.3 is 8.83 Å². The van der Waals surface area contributed by atoms with Gasteiger partial charge in [0.15, 0.2) is 34.9 Å². The number of aromatic nitrogens is 6. The van der Waals surface area contributed by atoms with E-state index in [0.717, 1.165) is 88.4 Å². The molecule has 3 aliphatic rings. The van der Waals surface area contributed by atoms with Crippen LogP contribution < -0.4 is 0 Å². The van der Waals surface area contributed by atoms with Crippen LogP contribution >= 0.6 is 0 Å². The summed E-state index contributed by atoms with van der Waals surface area (Å²) in [6.07, 6.45) is 0. The molecule has 0 saturated heterocycles.